The number of hydrogen-bond donors (Lipinski definition) is 0. The van der Waals surface area contributed by atoms with Crippen LogP contribution in [0, 0.1) is 11.7 Å². The van der Waals surface area contributed by atoms with Gasteiger partial charge in [0.15, 0.2) is 0 Å². The van der Waals surface area contributed by atoms with E-state index in [-0.39, 0.29) is 5.02 Å². The van der Waals surface area contributed by atoms with Crippen molar-refractivity contribution in [2.45, 2.75) is 45.1 Å². The van der Waals surface area contributed by atoms with Gasteiger partial charge in [-0.15, -0.1) is 11.6 Å². The molecule has 1 aliphatic carbocycles. The largest absolute Gasteiger partial charge is 0.325 e. The predicted molar refractivity (Wildman–Crippen MR) is 85.8 cm³/mol. The van der Waals surface area contributed by atoms with E-state index in [1.807, 2.05) is 0 Å². The second-order valence-electron chi connectivity index (χ2n) is 5.92. The lowest BCUT2D eigenvalue weighted by molar-refractivity contribution is 0.257. The molecule has 1 saturated carbocycles. The van der Waals surface area contributed by atoms with Crippen LogP contribution in [0.3, 0.4) is 0 Å². The summed E-state index contributed by atoms with van der Waals surface area (Å²) in [6, 6.07) is 3.54. The molecule has 3 rings (SSSR count). The van der Waals surface area contributed by atoms with Crippen molar-refractivity contribution in [3.63, 3.8) is 0 Å². The highest BCUT2D eigenvalue weighted by Crippen LogP contribution is 2.37. The first-order valence-corrected chi connectivity index (χ1v) is 8.45. The smallest absolute Gasteiger partial charge is 0.144 e. The van der Waals surface area contributed by atoms with Gasteiger partial charge in [-0.25, -0.2) is 9.37 Å². The summed E-state index contributed by atoms with van der Waals surface area (Å²) < 4.78 is 15.9. The van der Waals surface area contributed by atoms with Crippen molar-refractivity contribution in [3.05, 3.63) is 28.8 Å². The Morgan fingerprint density at radius 1 is 1.33 bits per heavy atom. The number of nitrogens with zero attached hydrogens (tertiary/aromatic N) is 2. The molecule has 0 aliphatic heterocycles. The standard InChI is InChI=1S/C16H19Cl2FN2/c1-10-4-2-3-5-14(10)21-15-8-11(18)12(19)9-13(15)20-16(21)6-7-17/h8-10,14H,2-7H2,1H3. The third kappa shape index (κ3) is 2.78. The molecule has 1 aromatic heterocycles. The van der Waals surface area contributed by atoms with Crippen molar-refractivity contribution < 1.29 is 4.39 Å². The maximum absolute atomic E-state index is 13.7. The fourth-order valence-electron chi connectivity index (χ4n) is 3.45. The summed E-state index contributed by atoms with van der Waals surface area (Å²) in [6.45, 7) is 2.28. The molecular weight excluding hydrogens is 310 g/mol. The summed E-state index contributed by atoms with van der Waals surface area (Å²) in [6.07, 6.45) is 5.56. The molecule has 2 unspecified atom stereocenters. The van der Waals surface area contributed by atoms with E-state index in [0.29, 0.717) is 29.8 Å². The van der Waals surface area contributed by atoms with Crippen molar-refractivity contribution in [3.8, 4) is 0 Å². The van der Waals surface area contributed by atoms with Gasteiger partial charge < -0.3 is 4.57 Å². The third-order valence-corrected chi connectivity index (χ3v) is 5.00. The van der Waals surface area contributed by atoms with E-state index >= 15 is 0 Å². The first kappa shape index (κ1) is 15.1. The van der Waals surface area contributed by atoms with Gasteiger partial charge in [0.25, 0.3) is 0 Å². The van der Waals surface area contributed by atoms with Gasteiger partial charge in [-0.1, -0.05) is 31.4 Å². The summed E-state index contributed by atoms with van der Waals surface area (Å²) >= 11 is 11.9. The highest BCUT2D eigenvalue weighted by Gasteiger charge is 2.27. The van der Waals surface area contributed by atoms with Crippen LogP contribution in [-0.2, 0) is 6.42 Å². The lowest BCUT2D eigenvalue weighted by Gasteiger charge is -2.31. The summed E-state index contributed by atoms with van der Waals surface area (Å²) in [5, 5.41) is 0.157. The average Bonchev–Trinajstić information content (AvgIpc) is 2.78. The fourth-order valence-corrected chi connectivity index (χ4v) is 3.78. The van der Waals surface area contributed by atoms with E-state index in [1.54, 1.807) is 6.07 Å². The fraction of sp³-hybridized carbons (Fsp3) is 0.562. The van der Waals surface area contributed by atoms with Gasteiger partial charge in [-0.2, -0.15) is 0 Å². The van der Waals surface area contributed by atoms with Crippen molar-refractivity contribution in [1.29, 1.82) is 0 Å². The topological polar surface area (TPSA) is 17.8 Å². The van der Waals surface area contributed by atoms with Crippen LogP contribution >= 0.6 is 23.2 Å². The molecule has 1 aliphatic rings. The van der Waals surface area contributed by atoms with Crippen LogP contribution in [0.15, 0.2) is 12.1 Å². The van der Waals surface area contributed by atoms with Crippen LogP contribution in [0.4, 0.5) is 4.39 Å². The lowest BCUT2D eigenvalue weighted by atomic mass is 9.85. The molecule has 21 heavy (non-hydrogen) atoms. The minimum Gasteiger partial charge on any atom is -0.325 e. The molecule has 0 spiro atoms. The number of aromatic nitrogens is 2. The molecule has 1 fully saturated rings. The van der Waals surface area contributed by atoms with Crippen LogP contribution in [0.25, 0.3) is 11.0 Å². The number of imidazole rings is 1. The van der Waals surface area contributed by atoms with Crippen molar-refractivity contribution in [2.75, 3.05) is 5.88 Å². The summed E-state index contributed by atoms with van der Waals surface area (Å²) in [4.78, 5) is 4.59. The molecule has 5 heteroatoms. The van der Waals surface area contributed by atoms with E-state index in [0.717, 1.165) is 17.8 Å². The third-order valence-electron chi connectivity index (χ3n) is 4.52. The zero-order valence-electron chi connectivity index (χ0n) is 12.1. The molecule has 1 heterocycles. The Morgan fingerprint density at radius 2 is 2.10 bits per heavy atom. The molecule has 0 N–H and O–H groups in total. The quantitative estimate of drug-likeness (QED) is 0.693. The van der Waals surface area contributed by atoms with Gasteiger partial charge in [0.05, 0.1) is 16.1 Å². The minimum atomic E-state index is -0.414. The van der Waals surface area contributed by atoms with Crippen molar-refractivity contribution in [1.82, 2.24) is 9.55 Å². The Balaban J connectivity index is 2.17. The maximum Gasteiger partial charge on any atom is 0.144 e. The zero-order valence-corrected chi connectivity index (χ0v) is 13.6. The first-order valence-electron chi connectivity index (χ1n) is 7.53. The molecule has 0 saturated heterocycles. The minimum absolute atomic E-state index is 0.157. The molecule has 0 bridgehead atoms. The lowest BCUT2D eigenvalue weighted by Crippen LogP contribution is -2.23. The SMILES string of the molecule is CC1CCCCC1n1c(CCCl)nc2cc(F)c(Cl)cc21. The van der Waals surface area contributed by atoms with Crippen LogP contribution in [0.5, 0.6) is 0 Å². The van der Waals surface area contributed by atoms with E-state index in [4.69, 9.17) is 23.2 Å². The summed E-state index contributed by atoms with van der Waals surface area (Å²) in [7, 11) is 0. The van der Waals surface area contributed by atoms with Crippen molar-refractivity contribution >= 4 is 34.2 Å². The van der Waals surface area contributed by atoms with Crippen LogP contribution in [-0.4, -0.2) is 15.4 Å². The van der Waals surface area contributed by atoms with E-state index in [9.17, 15) is 4.39 Å². The second kappa shape index (κ2) is 6.13. The molecule has 0 radical (unpaired) electrons. The number of benzene rings is 1. The highest BCUT2D eigenvalue weighted by molar-refractivity contribution is 6.31. The molecule has 114 valence electrons. The summed E-state index contributed by atoms with van der Waals surface area (Å²) in [5.41, 5.74) is 1.61. The Labute approximate surface area is 134 Å². The Bertz CT molecular complexity index is 653. The number of hydrogen-bond acceptors (Lipinski definition) is 1. The number of halogens is 3. The van der Waals surface area contributed by atoms with Gasteiger partial charge in [0.1, 0.15) is 11.6 Å². The van der Waals surface area contributed by atoms with Gasteiger partial charge in [-0.05, 0) is 24.8 Å². The van der Waals surface area contributed by atoms with E-state index < -0.39 is 5.82 Å². The molecule has 2 aromatic rings. The molecular formula is C16H19Cl2FN2. The van der Waals surface area contributed by atoms with E-state index in [1.165, 1.54) is 25.3 Å². The molecule has 0 amide bonds. The average molecular weight is 329 g/mol. The monoisotopic (exact) mass is 328 g/mol. The van der Waals surface area contributed by atoms with Gasteiger partial charge >= 0.3 is 0 Å². The summed E-state index contributed by atoms with van der Waals surface area (Å²) in [5.74, 6) is 1.64. The number of aryl methyl sites for hydroxylation is 1. The van der Waals surface area contributed by atoms with E-state index in [2.05, 4.69) is 16.5 Å². The van der Waals surface area contributed by atoms with Gasteiger partial charge in [0, 0.05) is 24.4 Å². The van der Waals surface area contributed by atoms with Gasteiger partial charge in [0.2, 0.25) is 0 Å². The van der Waals surface area contributed by atoms with Gasteiger partial charge in [-0.3, -0.25) is 0 Å². The molecule has 1 aromatic carbocycles. The molecule has 2 atom stereocenters. The predicted octanol–water partition coefficient (Wildman–Crippen LogP) is 5.36. The highest BCUT2D eigenvalue weighted by atomic mass is 35.5. The first-order chi connectivity index (χ1) is 10.1. The van der Waals surface area contributed by atoms with Crippen molar-refractivity contribution in [2.24, 2.45) is 5.92 Å². The number of fused-ring (bicyclic) bond motifs is 1. The van der Waals surface area contributed by atoms with Crippen LogP contribution in [0.2, 0.25) is 5.02 Å². The molecule has 2 nitrogen and oxygen atoms in total. The Morgan fingerprint density at radius 3 is 2.81 bits per heavy atom. The van der Waals surface area contributed by atoms with Crippen LogP contribution in [0.1, 0.15) is 44.5 Å². The van der Waals surface area contributed by atoms with Crippen LogP contribution < -0.4 is 0 Å². The number of rotatable bonds is 3. The normalized spacial score (nSPS) is 22.9. The Kier molecular flexibility index (Phi) is 4.41. The number of alkyl halides is 1. The second-order valence-corrected chi connectivity index (χ2v) is 6.71. The maximum atomic E-state index is 13.7. The zero-order chi connectivity index (χ0) is 15.0. The Hall–Kier alpha value is -0.800.